The molecule has 0 heterocycles. The predicted molar refractivity (Wildman–Crippen MR) is 293 cm³/mol. The molecule has 5 N–H and O–H groups in total. The molecule has 2 aromatic carbocycles. The molecule has 0 radical (unpaired) electrons. The third kappa shape index (κ3) is 17.5. The van der Waals surface area contributed by atoms with Gasteiger partial charge in [-0.05, 0) is 138 Å². The van der Waals surface area contributed by atoms with E-state index in [1.54, 1.807) is 6.92 Å². The van der Waals surface area contributed by atoms with E-state index < -0.39 is 11.2 Å². The van der Waals surface area contributed by atoms with Crippen LogP contribution in [0.5, 0.6) is 0 Å². The summed E-state index contributed by atoms with van der Waals surface area (Å²) in [5.74, 6) is 1.58. The number of carbonyl (C=O) groups excluding carboxylic acids is 3. The lowest BCUT2D eigenvalue weighted by Crippen LogP contribution is -2.64. The number of rotatable bonds is 20. The second-order valence-corrected chi connectivity index (χ2v) is 23.7. The molecule has 2 aromatic rings. The zero-order valence-electron chi connectivity index (χ0n) is 46.1. The van der Waals surface area contributed by atoms with Crippen LogP contribution in [0.2, 0.25) is 0 Å². The molecule has 2 unspecified atom stereocenters. The number of carbonyl (C=O) groups is 3. The van der Waals surface area contributed by atoms with E-state index in [-0.39, 0.29) is 51.5 Å². The van der Waals surface area contributed by atoms with Crippen LogP contribution in [-0.2, 0) is 19.1 Å². The molecular formula is C60H97Cl2N3O6. The highest BCUT2D eigenvalue weighted by atomic mass is 35.5. The summed E-state index contributed by atoms with van der Waals surface area (Å²) in [6.07, 6.45) is 19.8. The molecule has 71 heavy (non-hydrogen) atoms. The highest BCUT2D eigenvalue weighted by molar-refractivity contribution is 6.24. The highest BCUT2D eigenvalue weighted by Gasteiger charge is 2.64. The fraction of sp³-hybridized carbons (Fsp3) is 0.750. The predicted octanol–water partition coefficient (Wildman–Crippen LogP) is 13.8. The molecule has 10 rings (SSSR count). The van der Waals surface area contributed by atoms with Crippen LogP contribution in [0.1, 0.15) is 221 Å². The number of esters is 2. The van der Waals surface area contributed by atoms with Crippen molar-refractivity contribution in [3.63, 3.8) is 0 Å². The Morgan fingerprint density at radius 2 is 1.07 bits per heavy atom. The van der Waals surface area contributed by atoms with Crippen molar-refractivity contribution in [2.24, 2.45) is 41.2 Å². The number of benzene rings is 2. The lowest BCUT2D eigenvalue weighted by atomic mass is 9.47. The second-order valence-electron chi connectivity index (χ2n) is 22.1. The lowest BCUT2D eigenvalue weighted by Gasteiger charge is -2.63. The van der Waals surface area contributed by atoms with E-state index in [1.807, 2.05) is 36.4 Å². The monoisotopic (exact) mass is 1030 g/mol. The minimum atomic E-state index is -0.761. The molecule has 8 bridgehead atoms. The smallest absolute Gasteiger partial charge is 0.313 e. The number of unbranched alkanes of at least 4 members (excludes halogenated alkanes) is 6. The Bertz CT molecular complexity index is 1870. The first-order valence-corrected chi connectivity index (χ1v) is 28.9. The Morgan fingerprint density at radius 3 is 1.45 bits per heavy atom. The van der Waals surface area contributed by atoms with E-state index >= 15 is 0 Å². The van der Waals surface area contributed by atoms with Crippen LogP contribution < -0.4 is 11.1 Å². The first-order valence-electron chi connectivity index (χ1n) is 28.8. The van der Waals surface area contributed by atoms with E-state index in [9.17, 15) is 24.6 Å². The average molecular weight is 1030 g/mol. The number of ether oxygens (including phenoxy) is 1. The molecule has 1 amide bonds. The molecule has 402 valence electrons. The maximum atomic E-state index is 12.7. The average Bonchev–Trinajstić information content (AvgIpc) is 3.31. The highest BCUT2D eigenvalue weighted by Crippen LogP contribution is 2.66. The van der Waals surface area contributed by atoms with E-state index in [1.165, 1.54) is 26.1 Å². The number of aliphatic hydroxyl groups is 2. The molecule has 9 nitrogen and oxygen atoms in total. The van der Waals surface area contributed by atoms with Gasteiger partial charge in [0.05, 0.1) is 17.2 Å². The van der Waals surface area contributed by atoms with Crippen molar-refractivity contribution in [1.29, 1.82) is 0 Å². The Kier molecular flexibility index (Phi) is 24.7. The van der Waals surface area contributed by atoms with E-state index in [4.69, 9.17) is 30.3 Å². The molecule has 0 aliphatic heterocycles. The van der Waals surface area contributed by atoms with E-state index in [0.29, 0.717) is 56.3 Å². The zero-order chi connectivity index (χ0) is 53.0. The summed E-state index contributed by atoms with van der Waals surface area (Å²) in [4.78, 5) is 36.9. The summed E-state index contributed by atoms with van der Waals surface area (Å²) in [6, 6.07) is 20.2. The van der Waals surface area contributed by atoms with Crippen molar-refractivity contribution in [2.45, 2.75) is 230 Å². The van der Waals surface area contributed by atoms with Gasteiger partial charge in [-0.3, -0.25) is 14.4 Å². The number of halogens is 2. The van der Waals surface area contributed by atoms with Crippen molar-refractivity contribution < 1.29 is 30.7 Å². The third-order valence-electron chi connectivity index (χ3n) is 16.6. The SMILES string of the molecule is CCCCCC(=O)N[C@@H](c1ccccc1)[C@H]1C2C[C@H]3C[C@](Cl)(C2)C[C@@]1(O)C3.CCCCCC(=O)OC(=O)CCCCC.CCN(CC)CC.N[C@@H](c1ccccc1)[C@H]1C2C[C@H]3C[C@](Cl)(C2)C[C@@]1(O)C3.[2H]CC. The van der Waals surface area contributed by atoms with Crippen molar-refractivity contribution >= 4 is 41.0 Å². The van der Waals surface area contributed by atoms with Crippen LogP contribution in [0.3, 0.4) is 0 Å². The lowest BCUT2D eigenvalue weighted by molar-refractivity contribution is -0.175. The maximum absolute atomic E-state index is 12.7. The Labute approximate surface area is 442 Å². The summed E-state index contributed by atoms with van der Waals surface area (Å²) < 4.78 is 10.9. The Morgan fingerprint density at radius 1 is 0.662 bits per heavy atom. The minimum Gasteiger partial charge on any atom is -0.393 e. The summed E-state index contributed by atoms with van der Waals surface area (Å²) in [5.41, 5.74) is 7.38. The van der Waals surface area contributed by atoms with Crippen LogP contribution >= 0.6 is 23.2 Å². The first kappa shape index (κ1) is 59.3. The second kappa shape index (κ2) is 29.5. The number of alkyl halides is 2. The number of nitrogens with zero attached hydrogens (tertiary/aromatic N) is 1. The maximum Gasteiger partial charge on any atom is 0.313 e. The summed E-state index contributed by atoms with van der Waals surface area (Å²) in [5, 5.41) is 26.2. The fourth-order valence-electron chi connectivity index (χ4n) is 14.0. The Balaban J connectivity index is 0.000000221. The van der Waals surface area contributed by atoms with Crippen molar-refractivity contribution in [1.82, 2.24) is 10.2 Å². The fourth-order valence-corrected chi connectivity index (χ4v) is 15.3. The zero-order valence-corrected chi connectivity index (χ0v) is 46.6. The van der Waals surface area contributed by atoms with Crippen LogP contribution in [0, 0.1) is 35.5 Å². The van der Waals surface area contributed by atoms with Crippen molar-refractivity contribution in [3.05, 3.63) is 71.8 Å². The third-order valence-corrected chi connectivity index (χ3v) is 17.5. The largest absolute Gasteiger partial charge is 0.393 e. The molecule has 0 spiro atoms. The van der Waals surface area contributed by atoms with Gasteiger partial charge in [-0.25, -0.2) is 0 Å². The van der Waals surface area contributed by atoms with Gasteiger partial charge in [0.15, 0.2) is 0 Å². The van der Waals surface area contributed by atoms with Gasteiger partial charge in [-0.1, -0.05) is 155 Å². The number of nitrogens with one attached hydrogen (secondary N) is 1. The van der Waals surface area contributed by atoms with Crippen molar-refractivity contribution in [2.75, 3.05) is 19.6 Å². The summed E-state index contributed by atoms with van der Waals surface area (Å²) in [7, 11) is 0. The molecule has 11 heteroatoms. The topological polar surface area (TPSA) is 142 Å². The minimum absolute atomic E-state index is 0.0541. The number of nitrogens with two attached hydrogens (primary N) is 1. The van der Waals surface area contributed by atoms with Gasteiger partial charge in [0.2, 0.25) is 5.91 Å². The number of hydrogen-bond donors (Lipinski definition) is 4. The molecule has 0 saturated heterocycles. The summed E-state index contributed by atoms with van der Waals surface area (Å²) >= 11 is 13.6. The molecular weight excluding hydrogens is 930 g/mol. The van der Waals surface area contributed by atoms with Crippen LogP contribution in [0.25, 0.3) is 0 Å². The molecule has 8 saturated carbocycles. The number of amides is 1. The quantitative estimate of drug-likeness (QED) is 0.0445. The normalized spacial score (nSPS) is 31.2. The summed E-state index contributed by atoms with van der Waals surface area (Å²) in [6.45, 7) is 18.7. The van der Waals surface area contributed by atoms with Gasteiger partial charge >= 0.3 is 11.9 Å². The van der Waals surface area contributed by atoms with E-state index in [0.717, 1.165) is 120 Å². The molecule has 8 fully saturated rings. The number of hydrogen-bond acceptors (Lipinski definition) is 8. The van der Waals surface area contributed by atoms with E-state index in [2.05, 4.69) is 80.8 Å². The van der Waals surface area contributed by atoms with Crippen LogP contribution in [-0.4, -0.2) is 73.5 Å². The first-order chi connectivity index (χ1) is 34.4. The van der Waals surface area contributed by atoms with Gasteiger partial charge in [-0.2, -0.15) is 0 Å². The van der Waals surface area contributed by atoms with Crippen LogP contribution in [0.4, 0.5) is 0 Å². The Hall–Kier alpha value is -2.53. The van der Waals surface area contributed by atoms with Gasteiger partial charge in [0, 0.05) is 48.3 Å². The molecule has 12 atom stereocenters. The molecule has 0 aromatic heterocycles. The van der Waals surface area contributed by atoms with Crippen LogP contribution in [0.15, 0.2) is 60.7 Å². The van der Waals surface area contributed by atoms with Gasteiger partial charge < -0.3 is 30.9 Å². The van der Waals surface area contributed by atoms with Gasteiger partial charge in [-0.15, -0.1) is 23.2 Å². The molecule has 8 aliphatic rings. The molecule has 8 aliphatic carbocycles. The van der Waals surface area contributed by atoms with Gasteiger partial charge in [0.1, 0.15) is 0 Å². The van der Waals surface area contributed by atoms with Crippen molar-refractivity contribution in [3.8, 4) is 0 Å². The standard InChI is InChI=1S/C23H32ClNO2.C17H22ClNO.C12H22O3.C6H15N.C2H6/c1-2-3-5-10-19(26)25-21(17-8-6-4-7-9-17)20-18-11-16-12-22(24,14-18)15-23(20,27)13-16;18-16-7-11-6-13(9-16)14(17(20,8-11)10-16)15(19)12-4-2-1-3-5-12;1-3-5-7-9-11(13)15-12(14)10-8-6-4-2;1-4-7(5-2)6-3;1-2/h4,6-9,16,18,20-21,27H,2-3,5,10-15H2,1H3,(H,25,26);1-5,11,13-15,20H,6-10,19H2;3-10H2,1-2H3;4-6H2,1-3H3;1-2H3/t16-,18?,20+,21-,22-,23-;11-,13?,14+,15-,16-,17-;;;/m00.../s1/i;;;;1D. The van der Waals surface area contributed by atoms with Gasteiger partial charge in [0.25, 0.3) is 0 Å².